The van der Waals surface area contributed by atoms with E-state index in [1.807, 2.05) is 12.2 Å². The highest BCUT2D eigenvalue weighted by Crippen LogP contribution is 2.29. The summed E-state index contributed by atoms with van der Waals surface area (Å²) >= 11 is 0. The average molecular weight is 265 g/mol. The van der Waals surface area contributed by atoms with E-state index in [4.69, 9.17) is 0 Å². The maximum atomic E-state index is 12.6. The second-order valence-corrected chi connectivity index (χ2v) is 6.83. The van der Waals surface area contributed by atoms with E-state index < -0.39 is 14.8 Å². The summed E-state index contributed by atoms with van der Waals surface area (Å²) in [6.07, 6.45) is 8.84. The molecule has 18 heavy (non-hydrogen) atoms. The fourth-order valence-electron chi connectivity index (χ4n) is 1.97. The second-order valence-electron chi connectivity index (χ2n) is 4.55. The van der Waals surface area contributed by atoms with E-state index in [1.54, 1.807) is 25.1 Å². The first-order chi connectivity index (χ1) is 8.38. The van der Waals surface area contributed by atoms with Gasteiger partial charge in [-0.05, 0) is 25.5 Å². The van der Waals surface area contributed by atoms with Crippen LogP contribution in [0.2, 0.25) is 0 Å². The molecule has 1 heterocycles. The fraction of sp³-hybridized carbons (Fsp3) is 0.308. The van der Waals surface area contributed by atoms with Crippen LogP contribution in [-0.2, 0) is 10.0 Å². The Morgan fingerprint density at radius 2 is 2.11 bits per heavy atom. The Kier molecular flexibility index (Phi) is 3.02. The van der Waals surface area contributed by atoms with Crippen LogP contribution in [0, 0.1) is 0 Å². The topological polar surface area (TPSA) is 56.1 Å². The van der Waals surface area contributed by atoms with Crippen molar-refractivity contribution in [2.24, 2.45) is 0 Å². The van der Waals surface area contributed by atoms with Crippen LogP contribution < -0.4 is 0 Å². The van der Waals surface area contributed by atoms with E-state index in [1.165, 1.54) is 19.2 Å². The molecule has 4 nitrogen and oxygen atoms in total. The highest BCUT2D eigenvalue weighted by Gasteiger charge is 2.39. The molecule has 1 unspecified atom stereocenters. The summed E-state index contributed by atoms with van der Waals surface area (Å²) in [5.74, 6) is -0.262. The predicted octanol–water partition coefficient (Wildman–Crippen LogP) is 2.14. The zero-order valence-electron chi connectivity index (χ0n) is 10.3. The molecule has 96 valence electrons. The van der Waals surface area contributed by atoms with Crippen molar-refractivity contribution < 1.29 is 13.2 Å². The van der Waals surface area contributed by atoms with Gasteiger partial charge in [0.25, 0.3) is 0 Å². The summed E-state index contributed by atoms with van der Waals surface area (Å²) in [7, 11) is -3.64. The number of nitrogens with zero attached hydrogens (tertiary/aromatic N) is 1. The third-order valence-electron chi connectivity index (χ3n) is 3.14. The first-order valence-corrected chi connectivity index (χ1v) is 7.10. The minimum Gasteiger partial charge on any atom is -0.293 e. The predicted molar refractivity (Wildman–Crippen MR) is 70.1 cm³/mol. The van der Waals surface area contributed by atoms with Crippen LogP contribution >= 0.6 is 0 Å². The van der Waals surface area contributed by atoms with Crippen molar-refractivity contribution in [3.05, 3.63) is 48.3 Å². The molecule has 0 bridgehead atoms. The Balaban J connectivity index is 2.55. The zero-order chi connectivity index (χ0) is 13.4. The van der Waals surface area contributed by atoms with Crippen LogP contribution in [-0.4, -0.2) is 22.9 Å². The smallest absolute Gasteiger partial charge is 0.248 e. The molecule has 1 aromatic heterocycles. The number of aromatic nitrogens is 1. The maximum Gasteiger partial charge on any atom is 0.248 e. The van der Waals surface area contributed by atoms with Gasteiger partial charge in [0.1, 0.15) is 4.75 Å². The molecule has 1 atom stereocenters. The van der Waals surface area contributed by atoms with Gasteiger partial charge in [0.05, 0.1) is 5.69 Å². The van der Waals surface area contributed by atoms with E-state index in [0.717, 1.165) is 3.97 Å². The largest absolute Gasteiger partial charge is 0.293 e. The molecule has 0 N–H and O–H groups in total. The molecule has 0 radical (unpaired) electrons. The standard InChI is InChI=1S/C13H15NO3S/c1-11(15)12-7-6-10-14(12)18(16,17)13(2)8-4-3-5-9-13/h3-8,10H,9H2,1-2H3. The molecule has 0 amide bonds. The van der Waals surface area contributed by atoms with Crippen molar-refractivity contribution in [3.8, 4) is 0 Å². The van der Waals surface area contributed by atoms with Crippen LogP contribution in [0.3, 0.4) is 0 Å². The highest BCUT2D eigenvalue weighted by atomic mass is 32.2. The summed E-state index contributed by atoms with van der Waals surface area (Å²) < 4.78 is 25.3. The quantitative estimate of drug-likeness (QED) is 0.787. The number of carbonyl (C=O) groups is 1. The van der Waals surface area contributed by atoms with E-state index in [0.29, 0.717) is 6.42 Å². The van der Waals surface area contributed by atoms with Gasteiger partial charge in [-0.25, -0.2) is 12.4 Å². The highest BCUT2D eigenvalue weighted by molar-refractivity contribution is 7.91. The molecule has 0 aliphatic heterocycles. The van der Waals surface area contributed by atoms with Crippen LogP contribution in [0.1, 0.15) is 30.8 Å². The number of ketones is 1. The molecule has 5 heteroatoms. The van der Waals surface area contributed by atoms with Crippen LogP contribution in [0.15, 0.2) is 42.6 Å². The van der Waals surface area contributed by atoms with E-state index >= 15 is 0 Å². The van der Waals surface area contributed by atoms with Gasteiger partial charge in [0.15, 0.2) is 5.78 Å². The Hall–Kier alpha value is -1.62. The number of allylic oxidation sites excluding steroid dienone is 3. The molecule has 0 saturated carbocycles. The van der Waals surface area contributed by atoms with E-state index in [2.05, 4.69) is 0 Å². The van der Waals surface area contributed by atoms with Gasteiger partial charge in [-0.2, -0.15) is 0 Å². The minimum atomic E-state index is -3.64. The number of carbonyl (C=O) groups excluding carboxylic acids is 1. The lowest BCUT2D eigenvalue weighted by Gasteiger charge is -2.27. The fourth-order valence-corrected chi connectivity index (χ4v) is 3.66. The maximum absolute atomic E-state index is 12.6. The van der Waals surface area contributed by atoms with Gasteiger partial charge in [0, 0.05) is 13.1 Å². The molecule has 1 aliphatic carbocycles. The zero-order valence-corrected chi connectivity index (χ0v) is 11.1. The van der Waals surface area contributed by atoms with Gasteiger partial charge in [-0.3, -0.25) is 4.79 Å². The van der Waals surface area contributed by atoms with Crippen molar-refractivity contribution in [1.82, 2.24) is 3.97 Å². The average Bonchev–Trinajstić information content (AvgIpc) is 2.79. The summed E-state index contributed by atoms with van der Waals surface area (Å²) in [6, 6.07) is 3.09. The SMILES string of the molecule is CC(=O)c1cccn1S(=O)(=O)C1(C)C=CC=CC1. The molecule has 1 aromatic rings. The van der Waals surface area contributed by atoms with Gasteiger partial charge >= 0.3 is 0 Å². The molecule has 1 aliphatic rings. The third-order valence-corrected chi connectivity index (χ3v) is 5.46. The van der Waals surface area contributed by atoms with Gasteiger partial charge < -0.3 is 0 Å². The number of hydrogen-bond donors (Lipinski definition) is 0. The molecular weight excluding hydrogens is 250 g/mol. The first kappa shape index (κ1) is 12.8. The Labute approximate surface area is 107 Å². The summed E-state index contributed by atoms with van der Waals surface area (Å²) in [6.45, 7) is 3.02. The van der Waals surface area contributed by atoms with Crippen LogP contribution in [0.4, 0.5) is 0 Å². The molecule has 2 rings (SSSR count). The van der Waals surface area contributed by atoms with Gasteiger partial charge in [0.2, 0.25) is 10.0 Å². The summed E-state index contributed by atoms with van der Waals surface area (Å²) in [5, 5.41) is 0. The first-order valence-electron chi connectivity index (χ1n) is 5.66. The molecule has 0 fully saturated rings. The van der Waals surface area contributed by atoms with Crippen molar-refractivity contribution in [1.29, 1.82) is 0 Å². The van der Waals surface area contributed by atoms with Crippen molar-refractivity contribution in [2.75, 3.05) is 0 Å². The van der Waals surface area contributed by atoms with Gasteiger partial charge in [-0.1, -0.05) is 24.3 Å². The molecule has 0 aromatic carbocycles. The lowest BCUT2D eigenvalue weighted by Crippen LogP contribution is -2.38. The van der Waals surface area contributed by atoms with Crippen molar-refractivity contribution in [3.63, 3.8) is 0 Å². The number of hydrogen-bond acceptors (Lipinski definition) is 3. The Bertz CT molecular complexity index is 637. The molecule has 0 saturated heterocycles. The summed E-state index contributed by atoms with van der Waals surface area (Å²) in [5.41, 5.74) is 0.194. The molecular formula is C13H15NO3S. The summed E-state index contributed by atoms with van der Waals surface area (Å²) in [4.78, 5) is 11.4. The lowest BCUT2D eigenvalue weighted by atomic mass is 10.0. The second kappa shape index (κ2) is 4.24. The van der Waals surface area contributed by atoms with Crippen molar-refractivity contribution >= 4 is 15.8 Å². The normalized spacial score (nSPS) is 23.2. The van der Waals surface area contributed by atoms with E-state index in [-0.39, 0.29) is 11.5 Å². The monoisotopic (exact) mass is 265 g/mol. The van der Waals surface area contributed by atoms with Crippen molar-refractivity contribution in [2.45, 2.75) is 25.0 Å². The lowest BCUT2D eigenvalue weighted by molar-refractivity contribution is 0.101. The number of rotatable bonds is 3. The Morgan fingerprint density at radius 1 is 1.39 bits per heavy atom. The molecule has 0 spiro atoms. The van der Waals surface area contributed by atoms with Crippen LogP contribution in [0.5, 0.6) is 0 Å². The minimum absolute atomic E-state index is 0.194. The van der Waals surface area contributed by atoms with Gasteiger partial charge in [-0.15, -0.1) is 0 Å². The van der Waals surface area contributed by atoms with E-state index in [9.17, 15) is 13.2 Å². The van der Waals surface area contributed by atoms with Crippen LogP contribution in [0.25, 0.3) is 0 Å². The number of Topliss-reactive ketones (excluding diaryl/α,β-unsaturated/α-hetero) is 1. The third kappa shape index (κ3) is 1.84. The Morgan fingerprint density at radius 3 is 2.67 bits per heavy atom.